The first kappa shape index (κ1) is 15.3. The fraction of sp³-hybridized carbons (Fsp3) is 0.0625. The van der Waals surface area contributed by atoms with Crippen molar-refractivity contribution in [1.82, 2.24) is 0 Å². The topological polar surface area (TPSA) is 66.8 Å². The summed E-state index contributed by atoms with van der Waals surface area (Å²) in [7, 11) is 0. The Morgan fingerprint density at radius 3 is 2.52 bits per heavy atom. The number of benzene rings is 2. The van der Waals surface area contributed by atoms with Gasteiger partial charge in [-0.3, -0.25) is 0 Å². The van der Waals surface area contributed by atoms with Gasteiger partial charge in [-0.05, 0) is 42.0 Å². The highest BCUT2D eigenvalue weighted by molar-refractivity contribution is 9.10. The fourth-order valence-corrected chi connectivity index (χ4v) is 2.07. The first-order valence-corrected chi connectivity index (χ1v) is 6.96. The molecule has 0 saturated carbocycles. The number of rotatable bonds is 5. The number of carboxylic acid groups (broad SMARTS) is 1. The highest BCUT2D eigenvalue weighted by Crippen LogP contribution is 2.29. The average molecular weight is 349 g/mol. The number of hydrogen-bond acceptors (Lipinski definition) is 3. The van der Waals surface area contributed by atoms with E-state index in [1.54, 1.807) is 36.4 Å². The highest BCUT2D eigenvalue weighted by atomic mass is 79.9. The van der Waals surface area contributed by atoms with Gasteiger partial charge in [0.1, 0.15) is 11.5 Å². The molecule has 0 spiro atoms. The molecule has 0 saturated heterocycles. The molecule has 4 nitrogen and oxygen atoms in total. The van der Waals surface area contributed by atoms with Crippen LogP contribution in [-0.2, 0) is 11.4 Å². The van der Waals surface area contributed by atoms with E-state index in [-0.39, 0.29) is 6.61 Å². The average Bonchev–Trinajstić information content (AvgIpc) is 2.48. The molecule has 0 radical (unpaired) electrons. The molecule has 0 bridgehead atoms. The van der Waals surface area contributed by atoms with Crippen molar-refractivity contribution in [1.29, 1.82) is 0 Å². The molecule has 0 amide bonds. The first-order chi connectivity index (χ1) is 10.1. The number of carboxylic acids is 1. The highest BCUT2D eigenvalue weighted by Gasteiger charge is 2.04. The second-order valence-corrected chi connectivity index (χ2v) is 5.17. The van der Waals surface area contributed by atoms with E-state index in [1.807, 2.05) is 6.07 Å². The predicted molar refractivity (Wildman–Crippen MR) is 83.3 cm³/mol. The molecule has 0 atom stereocenters. The maximum Gasteiger partial charge on any atom is 0.328 e. The third kappa shape index (κ3) is 4.44. The van der Waals surface area contributed by atoms with Crippen LogP contribution in [0.1, 0.15) is 11.1 Å². The number of halogens is 1. The van der Waals surface area contributed by atoms with Gasteiger partial charge in [0.05, 0.1) is 6.61 Å². The summed E-state index contributed by atoms with van der Waals surface area (Å²) in [6, 6.07) is 12.4. The zero-order valence-corrected chi connectivity index (χ0v) is 12.6. The maximum absolute atomic E-state index is 10.6. The van der Waals surface area contributed by atoms with Crippen molar-refractivity contribution in [3.63, 3.8) is 0 Å². The minimum Gasteiger partial charge on any atom is -0.478 e. The minimum atomic E-state index is -1.02. The Kier molecular flexibility index (Phi) is 5.14. The van der Waals surface area contributed by atoms with Crippen molar-refractivity contribution in [3.05, 3.63) is 64.1 Å². The van der Waals surface area contributed by atoms with Crippen LogP contribution in [0, 0.1) is 0 Å². The zero-order chi connectivity index (χ0) is 15.2. The lowest BCUT2D eigenvalue weighted by atomic mass is 10.2. The number of aliphatic carboxylic acids is 1. The second kappa shape index (κ2) is 7.06. The smallest absolute Gasteiger partial charge is 0.328 e. The number of carbonyl (C=O) groups is 1. The maximum atomic E-state index is 10.6. The van der Waals surface area contributed by atoms with Gasteiger partial charge in [-0.1, -0.05) is 28.1 Å². The number of hydrogen-bond donors (Lipinski definition) is 2. The molecule has 21 heavy (non-hydrogen) atoms. The summed E-state index contributed by atoms with van der Waals surface area (Å²) in [5.74, 6) is 0.139. The summed E-state index contributed by atoms with van der Waals surface area (Å²) in [5, 5.41) is 17.7. The summed E-state index contributed by atoms with van der Waals surface area (Å²) in [6.45, 7) is -0.0227. The van der Waals surface area contributed by atoms with Gasteiger partial charge in [-0.15, -0.1) is 0 Å². The Balaban J connectivity index is 2.27. The van der Waals surface area contributed by atoms with Gasteiger partial charge in [-0.25, -0.2) is 4.79 Å². The van der Waals surface area contributed by atoms with E-state index in [9.17, 15) is 4.79 Å². The molecule has 0 fully saturated rings. The van der Waals surface area contributed by atoms with Crippen LogP contribution in [0.4, 0.5) is 0 Å². The molecule has 2 rings (SSSR count). The monoisotopic (exact) mass is 348 g/mol. The van der Waals surface area contributed by atoms with Crippen molar-refractivity contribution in [3.8, 4) is 11.5 Å². The lowest BCUT2D eigenvalue weighted by Gasteiger charge is -2.09. The van der Waals surface area contributed by atoms with Crippen LogP contribution in [-0.4, -0.2) is 16.2 Å². The van der Waals surface area contributed by atoms with Gasteiger partial charge in [0.15, 0.2) is 0 Å². The molecule has 0 aliphatic carbocycles. The Labute approximate surface area is 130 Å². The summed E-state index contributed by atoms with van der Waals surface area (Å²) in [6.07, 6.45) is 2.54. The van der Waals surface area contributed by atoms with Crippen molar-refractivity contribution in [2.75, 3.05) is 0 Å². The third-order valence-electron chi connectivity index (χ3n) is 2.71. The molecular weight excluding hydrogens is 336 g/mol. The molecule has 0 aromatic heterocycles. The lowest BCUT2D eigenvalue weighted by molar-refractivity contribution is -0.131. The van der Waals surface area contributed by atoms with E-state index < -0.39 is 5.97 Å². The Morgan fingerprint density at radius 1 is 1.19 bits per heavy atom. The van der Waals surface area contributed by atoms with Gasteiger partial charge in [-0.2, -0.15) is 0 Å². The lowest BCUT2D eigenvalue weighted by Crippen LogP contribution is -1.90. The molecule has 2 aromatic rings. The molecular formula is C16H13BrO4. The van der Waals surface area contributed by atoms with Crippen LogP contribution >= 0.6 is 15.9 Å². The van der Waals surface area contributed by atoms with E-state index in [1.165, 1.54) is 6.08 Å². The summed E-state index contributed by atoms with van der Waals surface area (Å²) in [5.41, 5.74) is 1.45. The van der Waals surface area contributed by atoms with E-state index in [0.29, 0.717) is 17.1 Å². The largest absolute Gasteiger partial charge is 0.478 e. The van der Waals surface area contributed by atoms with Gasteiger partial charge in [0.25, 0.3) is 0 Å². The minimum absolute atomic E-state index is 0.0227. The summed E-state index contributed by atoms with van der Waals surface area (Å²) < 4.78 is 6.58. The van der Waals surface area contributed by atoms with E-state index >= 15 is 0 Å². The molecule has 0 aliphatic heterocycles. The second-order valence-electron chi connectivity index (χ2n) is 4.26. The van der Waals surface area contributed by atoms with Crippen molar-refractivity contribution in [2.24, 2.45) is 0 Å². The van der Waals surface area contributed by atoms with Gasteiger partial charge in [0.2, 0.25) is 0 Å². The quantitative estimate of drug-likeness (QED) is 0.805. The van der Waals surface area contributed by atoms with Crippen molar-refractivity contribution >= 4 is 28.0 Å². The summed E-state index contributed by atoms with van der Waals surface area (Å²) in [4.78, 5) is 10.6. The molecule has 2 N–H and O–H groups in total. The number of ether oxygens (including phenoxy) is 1. The van der Waals surface area contributed by atoms with Crippen LogP contribution in [0.15, 0.2) is 53.0 Å². The number of aliphatic hydroxyl groups is 1. The molecule has 0 unspecified atom stereocenters. The van der Waals surface area contributed by atoms with Gasteiger partial charge >= 0.3 is 5.97 Å². The van der Waals surface area contributed by atoms with Crippen molar-refractivity contribution in [2.45, 2.75) is 6.61 Å². The molecule has 2 aromatic carbocycles. The van der Waals surface area contributed by atoms with Gasteiger partial charge < -0.3 is 14.9 Å². The molecule has 0 heterocycles. The number of aliphatic hydroxyl groups excluding tert-OH is 1. The van der Waals surface area contributed by atoms with Crippen LogP contribution in [0.2, 0.25) is 0 Å². The third-order valence-corrected chi connectivity index (χ3v) is 3.20. The van der Waals surface area contributed by atoms with Crippen LogP contribution in [0.3, 0.4) is 0 Å². The summed E-state index contributed by atoms with van der Waals surface area (Å²) >= 11 is 3.34. The predicted octanol–water partition coefficient (Wildman–Crippen LogP) is 3.83. The molecule has 5 heteroatoms. The molecule has 108 valence electrons. The normalized spacial score (nSPS) is 10.8. The Hall–Kier alpha value is -2.11. The fourth-order valence-electron chi connectivity index (χ4n) is 1.69. The molecule has 0 aliphatic rings. The zero-order valence-electron chi connectivity index (χ0n) is 11.0. The first-order valence-electron chi connectivity index (χ1n) is 6.16. The standard InChI is InChI=1S/C16H13BrO4/c17-13-4-7-15(12(9-13)3-8-16(19)20)21-14-5-1-11(10-18)2-6-14/h1-9,18H,10H2,(H,19,20)/b8-3+. The van der Waals surface area contributed by atoms with Crippen LogP contribution < -0.4 is 4.74 Å². The van der Waals surface area contributed by atoms with Crippen molar-refractivity contribution < 1.29 is 19.7 Å². The van der Waals surface area contributed by atoms with Gasteiger partial charge in [0, 0.05) is 16.1 Å². The Bertz CT molecular complexity index is 662. The van der Waals surface area contributed by atoms with E-state index in [2.05, 4.69) is 15.9 Å². The van der Waals surface area contributed by atoms with E-state index in [0.717, 1.165) is 16.1 Å². The van der Waals surface area contributed by atoms with Crippen LogP contribution in [0.5, 0.6) is 11.5 Å². The Morgan fingerprint density at radius 2 is 1.90 bits per heavy atom. The SMILES string of the molecule is O=C(O)/C=C/c1cc(Br)ccc1Oc1ccc(CO)cc1. The van der Waals surface area contributed by atoms with Crippen LogP contribution in [0.25, 0.3) is 6.08 Å². The van der Waals surface area contributed by atoms with E-state index in [4.69, 9.17) is 14.9 Å².